The molecule has 0 N–H and O–H groups in total. The maximum Gasteiger partial charge on any atom is 0.412 e. The van der Waals surface area contributed by atoms with Crippen molar-refractivity contribution in [2.75, 3.05) is 19.2 Å². The van der Waals surface area contributed by atoms with Crippen LogP contribution < -0.4 is 19.2 Å². The first kappa shape index (κ1) is 21.3. The van der Waals surface area contributed by atoms with E-state index in [1.165, 1.54) is 54.3 Å². The van der Waals surface area contributed by atoms with E-state index in [0.29, 0.717) is 0 Å². The fraction of sp³-hybridized carbons (Fsp3) is 0. The first-order valence-electron chi connectivity index (χ1n) is 13.3. The molecule has 1 aromatic heterocycles. The molecule has 0 amide bonds. The summed E-state index contributed by atoms with van der Waals surface area (Å²) in [5.41, 5.74) is 7.39. The van der Waals surface area contributed by atoms with Gasteiger partial charge in [-0.2, -0.15) is 0 Å². The molecule has 9 rings (SSSR count). The Kier molecular flexibility index (Phi) is 4.35. The third-order valence-electron chi connectivity index (χ3n) is 8.21. The number of rotatable bonds is 2. The van der Waals surface area contributed by atoms with E-state index < -0.39 is 0 Å². The van der Waals surface area contributed by atoms with E-state index in [4.69, 9.17) is 0 Å². The van der Waals surface area contributed by atoms with Gasteiger partial charge in [-0.3, -0.25) is 0 Å². The van der Waals surface area contributed by atoms with Crippen molar-refractivity contribution >= 4 is 79.6 Å². The second-order valence-electron chi connectivity index (χ2n) is 10.3. The molecule has 0 saturated heterocycles. The molecular formula is C32H22B2N4S. The average molecular weight is 516 g/mol. The fourth-order valence-corrected chi connectivity index (χ4v) is 7.60. The van der Waals surface area contributed by atoms with E-state index in [-0.39, 0.29) is 14.0 Å². The molecule has 0 saturated carbocycles. The molecule has 39 heavy (non-hydrogen) atoms. The van der Waals surface area contributed by atoms with E-state index in [9.17, 15) is 0 Å². The van der Waals surface area contributed by atoms with Crippen molar-refractivity contribution in [2.45, 2.75) is 0 Å². The van der Waals surface area contributed by atoms with Crippen molar-refractivity contribution in [1.82, 2.24) is 0 Å². The van der Waals surface area contributed by atoms with Gasteiger partial charge >= 0.3 is 14.0 Å². The van der Waals surface area contributed by atoms with Gasteiger partial charge < -0.3 is 19.2 Å². The lowest BCUT2D eigenvalue weighted by atomic mass is 9.71. The highest BCUT2D eigenvalue weighted by atomic mass is 32.1. The zero-order valence-corrected chi connectivity index (χ0v) is 21.9. The van der Waals surface area contributed by atoms with Crippen LogP contribution in [-0.2, 0) is 0 Å². The summed E-state index contributed by atoms with van der Waals surface area (Å²) in [5.74, 6) is 4.55. The molecule has 0 aliphatic carbocycles. The van der Waals surface area contributed by atoms with Crippen molar-refractivity contribution in [3.05, 3.63) is 134 Å². The molecule has 4 aromatic carbocycles. The second kappa shape index (κ2) is 7.95. The smallest absolute Gasteiger partial charge is 0.367 e. The standard InChI is InChI=1S/C32H22B2N4S/c1-3-11-29-27(9-1)35-19-7-5-17-33(35)37(29)23-13-15-31-25(21-23)26-22-24(14-16-32(26)39-31)38-30-12-4-2-10-28(30)36-20-8-6-18-34(36)38/h1-22H. The second-order valence-corrected chi connectivity index (χ2v) is 11.4. The zero-order chi connectivity index (χ0) is 25.5. The number of allylic oxidation sites excluding steroid dienone is 4. The third-order valence-corrected chi connectivity index (χ3v) is 9.36. The van der Waals surface area contributed by atoms with Crippen LogP contribution in [0.3, 0.4) is 0 Å². The molecule has 0 fully saturated rings. The van der Waals surface area contributed by atoms with Gasteiger partial charge in [-0.25, -0.2) is 0 Å². The maximum atomic E-state index is 2.45. The normalized spacial score (nSPS) is 16.5. The highest BCUT2D eigenvalue weighted by Gasteiger charge is 2.40. The Morgan fingerprint density at radius 3 is 1.44 bits per heavy atom. The molecule has 0 radical (unpaired) electrons. The SMILES string of the molecule is C1=CB2N(C=C1)c1ccccc1N2c1ccc2sc3ccc(N4B5C=CC=CN5c5ccccc54)cc3c2c1. The lowest BCUT2D eigenvalue weighted by molar-refractivity contribution is 1.39. The Balaban J connectivity index is 1.20. The van der Waals surface area contributed by atoms with Crippen molar-refractivity contribution < 1.29 is 0 Å². The Bertz CT molecular complexity index is 1800. The van der Waals surface area contributed by atoms with Gasteiger partial charge in [0.05, 0.1) is 22.7 Å². The Morgan fingerprint density at radius 2 is 0.949 bits per heavy atom. The van der Waals surface area contributed by atoms with Gasteiger partial charge in [-0.1, -0.05) is 48.4 Å². The molecule has 7 heteroatoms. The molecule has 182 valence electrons. The van der Waals surface area contributed by atoms with Crippen LogP contribution in [0.15, 0.2) is 134 Å². The molecule has 4 nitrogen and oxygen atoms in total. The maximum absolute atomic E-state index is 2.45. The highest BCUT2D eigenvalue weighted by molar-refractivity contribution is 7.25. The monoisotopic (exact) mass is 516 g/mol. The van der Waals surface area contributed by atoms with Gasteiger partial charge in [0.25, 0.3) is 0 Å². The molecule has 0 bridgehead atoms. The molecule has 5 heterocycles. The van der Waals surface area contributed by atoms with Gasteiger partial charge in [0, 0.05) is 31.5 Å². The summed E-state index contributed by atoms with van der Waals surface area (Å²) >= 11 is 1.87. The first-order chi connectivity index (χ1) is 19.3. The van der Waals surface area contributed by atoms with Crippen LogP contribution in [0.25, 0.3) is 20.2 Å². The minimum atomic E-state index is 0.142. The summed E-state index contributed by atoms with van der Waals surface area (Å²) in [4.78, 5) is 9.61. The molecular weight excluding hydrogens is 494 g/mol. The quantitative estimate of drug-likeness (QED) is 0.219. The minimum Gasteiger partial charge on any atom is -0.367 e. The molecule has 0 atom stereocenters. The van der Waals surface area contributed by atoms with Crippen LogP contribution in [0.2, 0.25) is 0 Å². The van der Waals surface area contributed by atoms with E-state index >= 15 is 0 Å². The number of anilines is 6. The van der Waals surface area contributed by atoms with Crippen LogP contribution in [0.1, 0.15) is 0 Å². The van der Waals surface area contributed by atoms with Crippen molar-refractivity contribution in [3.8, 4) is 0 Å². The van der Waals surface area contributed by atoms with Gasteiger partial charge in [0.2, 0.25) is 0 Å². The first-order valence-corrected chi connectivity index (χ1v) is 14.2. The molecule has 5 aromatic rings. The highest BCUT2D eigenvalue weighted by Crippen LogP contribution is 2.48. The van der Waals surface area contributed by atoms with Crippen LogP contribution in [0, 0.1) is 0 Å². The topological polar surface area (TPSA) is 13.0 Å². The summed E-state index contributed by atoms with van der Waals surface area (Å²) < 4.78 is 2.64. The number of benzene rings is 4. The summed E-state index contributed by atoms with van der Waals surface area (Å²) in [6, 6.07) is 31.3. The number of thiophene rings is 1. The number of nitrogens with zero attached hydrogens (tertiary/aromatic N) is 4. The Hall–Kier alpha value is -4.61. The van der Waals surface area contributed by atoms with Gasteiger partial charge in [0.15, 0.2) is 0 Å². The number of fused-ring (bicyclic) bond motifs is 9. The third kappa shape index (κ3) is 2.96. The number of para-hydroxylation sites is 4. The predicted octanol–water partition coefficient (Wildman–Crippen LogP) is 8.19. The lowest BCUT2D eigenvalue weighted by Crippen LogP contribution is -2.42. The number of hydrogen-bond acceptors (Lipinski definition) is 5. The summed E-state index contributed by atoms with van der Waals surface area (Å²) in [6.07, 6.45) is 12.9. The van der Waals surface area contributed by atoms with E-state index in [1.807, 2.05) is 11.3 Å². The molecule has 0 unspecified atom stereocenters. The van der Waals surface area contributed by atoms with Crippen LogP contribution in [0.4, 0.5) is 34.1 Å². The van der Waals surface area contributed by atoms with Crippen LogP contribution in [0.5, 0.6) is 0 Å². The Morgan fingerprint density at radius 1 is 0.487 bits per heavy atom. The summed E-state index contributed by atoms with van der Waals surface area (Å²) in [7, 11) is 0. The van der Waals surface area contributed by atoms with Gasteiger partial charge in [-0.05, 0) is 85.2 Å². The molecule has 0 spiro atoms. The van der Waals surface area contributed by atoms with Crippen LogP contribution >= 0.6 is 11.3 Å². The predicted molar refractivity (Wildman–Crippen MR) is 170 cm³/mol. The number of hydrogen-bond donors (Lipinski definition) is 0. The van der Waals surface area contributed by atoms with E-state index in [0.717, 1.165) is 0 Å². The fourth-order valence-electron chi connectivity index (χ4n) is 6.53. The van der Waals surface area contributed by atoms with Crippen molar-refractivity contribution in [3.63, 3.8) is 0 Å². The summed E-state index contributed by atoms with van der Waals surface area (Å²) in [6.45, 7) is 0.284. The average Bonchev–Trinajstić information content (AvgIpc) is 3.64. The Labute approximate surface area is 231 Å². The minimum absolute atomic E-state index is 0.142. The van der Waals surface area contributed by atoms with Crippen molar-refractivity contribution in [1.29, 1.82) is 0 Å². The van der Waals surface area contributed by atoms with Crippen molar-refractivity contribution in [2.24, 2.45) is 0 Å². The van der Waals surface area contributed by atoms with Gasteiger partial charge in [0.1, 0.15) is 0 Å². The molecule has 4 aliphatic heterocycles. The molecule has 4 aliphatic rings. The van der Waals surface area contributed by atoms with Gasteiger partial charge in [-0.15, -0.1) is 11.3 Å². The lowest BCUT2D eigenvalue weighted by Gasteiger charge is -2.27. The largest absolute Gasteiger partial charge is 0.412 e. The van der Waals surface area contributed by atoms with Crippen LogP contribution in [-0.4, -0.2) is 14.0 Å². The van der Waals surface area contributed by atoms with E-state index in [1.54, 1.807) is 0 Å². The summed E-state index contributed by atoms with van der Waals surface area (Å²) in [5, 5.41) is 2.62. The zero-order valence-electron chi connectivity index (χ0n) is 21.1. The van der Waals surface area contributed by atoms with E-state index in [2.05, 4.69) is 153 Å².